The van der Waals surface area contributed by atoms with Crippen LogP contribution in [-0.4, -0.2) is 10.8 Å². The summed E-state index contributed by atoms with van der Waals surface area (Å²) in [6.45, 7) is 3.91. The van der Waals surface area contributed by atoms with Crippen LogP contribution < -0.4 is 0 Å². The van der Waals surface area contributed by atoms with E-state index in [4.69, 9.17) is 17.0 Å². The zero-order valence-corrected chi connectivity index (χ0v) is 13.0. The highest BCUT2D eigenvalue weighted by Gasteiger charge is 2.25. The van der Waals surface area contributed by atoms with Crippen LogP contribution in [0.1, 0.15) is 35.9 Å². The van der Waals surface area contributed by atoms with Crippen LogP contribution in [-0.2, 0) is 4.74 Å². The van der Waals surface area contributed by atoms with Gasteiger partial charge in [0.2, 0.25) is 5.78 Å². The SMILES string of the molecule is CC(C)C(=S)OC(C(=O)c1ccccc1)c1ccccc1. The Morgan fingerprint density at radius 1 is 0.952 bits per heavy atom. The van der Waals surface area contributed by atoms with E-state index < -0.39 is 6.10 Å². The molecule has 2 nitrogen and oxygen atoms in total. The fourth-order valence-corrected chi connectivity index (χ4v) is 2.00. The summed E-state index contributed by atoms with van der Waals surface area (Å²) in [7, 11) is 0. The molecule has 0 aliphatic rings. The van der Waals surface area contributed by atoms with Gasteiger partial charge in [0.1, 0.15) is 0 Å². The highest BCUT2D eigenvalue weighted by molar-refractivity contribution is 7.80. The first-order valence-corrected chi connectivity index (χ1v) is 7.35. The average Bonchev–Trinajstić information content (AvgIpc) is 2.53. The van der Waals surface area contributed by atoms with Crippen molar-refractivity contribution in [1.82, 2.24) is 0 Å². The molecule has 3 heteroatoms. The molecule has 1 unspecified atom stereocenters. The van der Waals surface area contributed by atoms with Crippen molar-refractivity contribution in [2.75, 3.05) is 0 Å². The van der Waals surface area contributed by atoms with Gasteiger partial charge in [-0.3, -0.25) is 4.79 Å². The maximum absolute atomic E-state index is 12.7. The molecule has 0 N–H and O–H groups in total. The van der Waals surface area contributed by atoms with Crippen LogP contribution in [0.5, 0.6) is 0 Å². The summed E-state index contributed by atoms with van der Waals surface area (Å²) in [5.41, 5.74) is 1.44. The number of Topliss-reactive ketones (excluding diaryl/α,β-unsaturated/α-hetero) is 1. The highest BCUT2D eigenvalue weighted by atomic mass is 32.1. The van der Waals surface area contributed by atoms with Crippen molar-refractivity contribution < 1.29 is 9.53 Å². The third-order valence-electron chi connectivity index (χ3n) is 3.10. The molecule has 0 amide bonds. The summed E-state index contributed by atoms with van der Waals surface area (Å²) >= 11 is 5.25. The number of ketones is 1. The molecule has 0 aromatic heterocycles. The molecule has 0 saturated heterocycles. The summed E-state index contributed by atoms with van der Waals surface area (Å²) in [5.74, 6) is 0.0135. The van der Waals surface area contributed by atoms with Gasteiger partial charge in [0, 0.05) is 17.0 Å². The molecular weight excluding hydrogens is 280 g/mol. The van der Waals surface area contributed by atoms with Gasteiger partial charge in [-0.2, -0.15) is 0 Å². The molecule has 0 saturated carbocycles. The number of hydrogen-bond donors (Lipinski definition) is 0. The van der Waals surface area contributed by atoms with E-state index in [-0.39, 0.29) is 11.7 Å². The van der Waals surface area contributed by atoms with Crippen molar-refractivity contribution in [2.45, 2.75) is 20.0 Å². The number of thiocarbonyl (C=S) groups is 1. The Balaban J connectivity index is 2.32. The van der Waals surface area contributed by atoms with Gasteiger partial charge in [-0.1, -0.05) is 74.5 Å². The van der Waals surface area contributed by atoms with Crippen LogP contribution in [0.4, 0.5) is 0 Å². The van der Waals surface area contributed by atoms with Gasteiger partial charge in [0.05, 0.1) is 0 Å². The van der Waals surface area contributed by atoms with Crippen LogP contribution in [0.15, 0.2) is 60.7 Å². The standard InChI is InChI=1S/C18H18O2S/c1-13(2)18(21)20-17(15-11-7-4-8-12-15)16(19)14-9-5-3-6-10-14/h3-13,17H,1-2H3. The number of benzene rings is 2. The van der Waals surface area contributed by atoms with Crippen LogP contribution in [0.2, 0.25) is 0 Å². The number of rotatable bonds is 5. The van der Waals surface area contributed by atoms with Gasteiger partial charge in [-0.15, -0.1) is 0 Å². The molecule has 2 aromatic carbocycles. The van der Waals surface area contributed by atoms with Crippen molar-refractivity contribution in [3.63, 3.8) is 0 Å². The van der Waals surface area contributed by atoms with Crippen molar-refractivity contribution in [2.24, 2.45) is 5.92 Å². The topological polar surface area (TPSA) is 26.3 Å². The normalized spacial score (nSPS) is 12.0. The predicted molar refractivity (Wildman–Crippen MR) is 88.5 cm³/mol. The zero-order chi connectivity index (χ0) is 15.2. The molecule has 0 bridgehead atoms. The molecule has 108 valence electrons. The Kier molecular flexibility index (Phi) is 5.23. The second kappa shape index (κ2) is 7.14. The van der Waals surface area contributed by atoms with Crippen molar-refractivity contribution in [3.8, 4) is 0 Å². The molecule has 2 rings (SSSR count). The van der Waals surface area contributed by atoms with E-state index in [0.29, 0.717) is 10.6 Å². The third kappa shape index (κ3) is 3.99. The van der Waals surface area contributed by atoms with E-state index in [1.807, 2.05) is 62.4 Å². The lowest BCUT2D eigenvalue weighted by atomic mass is 9.99. The van der Waals surface area contributed by atoms with Gasteiger partial charge < -0.3 is 4.74 Å². The van der Waals surface area contributed by atoms with Gasteiger partial charge in [0.25, 0.3) is 0 Å². The maximum Gasteiger partial charge on any atom is 0.207 e. The Morgan fingerprint density at radius 3 is 2.00 bits per heavy atom. The van der Waals surface area contributed by atoms with Crippen molar-refractivity contribution >= 4 is 23.1 Å². The fourth-order valence-electron chi connectivity index (χ4n) is 1.91. The van der Waals surface area contributed by atoms with E-state index in [1.54, 1.807) is 12.1 Å². The highest BCUT2D eigenvalue weighted by Crippen LogP contribution is 2.24. The molecule has 1 atom stereocenters. The van der Waals surface area contributed by atoms with Crippen molar-refractivity contribution in [1.29, 1.82) is 0 Å². The Labute approximate surface area is 130 Å². The van der Waals surface area contributed by atoms with E-state index in [2.05, 4.69) is 0 Å². The first-order chi connectivity index (χ1) is 10.1. The number of ether oxygens (including phenoxy) is 1. The van der Waals surface area contributed by atoms with E-state index in [0.717, 1.165) is 5.56 Å². The second-order valence-corrected chi connectivity index (χ2v) is 5.51. The number of carbonyl (C=O) groups is 1. The first kappa shape index (κ1) is 15.4. The largest absolute Gasteiger partial charge is 0.471 e. The Hall–Kier alpha value is -2.00. The van der Waals surface area contributed by atoms with E-state index >= 15 is 0 Å². The molecule has 0 aliphatic heterocycles. The van der Waals surface area contributed by atoms with Crippen LogP contribution in [0, 0.1) is 5.92 Å². The van der Waals surface area contributed by atoms with E-state index in [9.17, 15) is 4.79 Å². The maximum atomic E-state index is 12.7. The quantitative estimate of drug-likeness (QED) is 0.595. The number of carbonyl (C=O) groups excluding carboxylic acids is 1. The molecule has 21 heavy (non-hydrogen) atoms. The minimum atomic E-state index is -0.691. The van der Waals surface area contributed by atoms with Gasteiger partial charge in [0.15, 0.2) is 11.2 Å². The summed E-state index contributed by atoms with van der Waals surface area (Å²) < 4.78 is 5.80. The summed E-state index contributed by atoms with van der Waals surface area (Å²) in [6, 6.07) is 18.6. The fraction of sp³-hybridized carbons (Fsp3) is 0.222. The Morgan fingerprint density at radius 2 is 1.48 bits per heavy atom. The molecular formula is C18H18O2S. The zero-order valence-electron chi connectivity index (χ0n) is 12.2. The number of hydrogen-bond acceptors (Lipinski definition) is 3. The molecule has 0 heterocycles. The summed E-state index contributed by atoms with van der Waals surface area (Å²) in [5, 5.41) is 0.452. The van der Waals surface area contributed by atoms with E-state index in [1.165, 1.54) is 0 Å². The minimum absolute atomic E-state index is 0.0789. The Bertz CT molecular complexity index is 606. The average molecular weight is 298 g/mol. The summed E-state index contributed by atoms with van der Waals surface area (Å²) in [4.78, 5) is 12.7. The molecule has 0 fully saturated rings. The van der Waals surface area contributed by atoms with Crippen LogP contribution in [0.25, 0.3) is 0 Å². The predicted octanol–water partition coefficient (Wildman–Crippen LogP) is 4.61. The molecule has 0 aliphatic carbocycles. The monoisotopic (exact) mass is 298 g/mol. The smallest absolute Gasteiger partial charge is 0.207 e. The van der Waals surface area contributed by atoms with Gasteiger partial charge in [-0.05, 0) is 12.2 Å². The van der Waals surface area contributed by atoms with Crippen LogP contribution >= 0.6 is 12.2 Å². The van der Waals surface area contributed by atoms with Crippen LogP contribution in [0.3, 0.4) is 0 Å². The van der Waals surface area contributed by atoms with Gasteiger partial charge >= 0.3 is 0 Å². The lowest BCUT2D eigenvalue weighted by Gasteiger charge is -2.20. The molecule has 0 spiro atoms. The molecule has 2 aromatic rings. The third-order valence-corrected chi connectivity index (χ3v) is 3.67. The lowest BCUT2D eigenvalue weighted by molar-refractivity contribution is 0.0768. The second-order valence-electron chi connectivity index (χ2n) is 5.11. The van der Waals surface area contributed by atoms with Gasteiger partial charge in [-0.25, -0.2) is 0 Å². The molecule has 0 radical (unpaired) electrons. The minimum Gasteiger partial charge on any atom is -0.471 e. The summed E-state index contributed by atoms with van der Waals surface area (Å²) in [6.07, 6.45) is -0.691. The lowest BCUT2D eigenvalue weighted by Crippen LogP contribution is -2.21. The first-order valence-electron chi connectivity index (χ1n) is 6.94. The van der Waals surface area contributed by atoms with Crippen molar-refractivity contribution in [3.05, 3.63) is 71.8 Å².